The Morgan fingerprint density at radius 1 is 1.17 bits per heavy atom. The molecular weight excluding hydrogens is 316 g/mol. The van der Waals surface area contributed by atoms with Crippen LogP contribution in [0.3, 0.4) is 0 Å². The summed E-state index contributed by atoms with van der Waals surface area (Å²) in [5, 5.41) is 3.06. The smallest absolute Gasteiger partial charge is 0.244 e. The van der Waals surface area contributed by atoms with Gasteiger partial charge in [0, 0.05) is 10.6 Å². The highest BCUT2D eigenvalue weighted by Crippen LogP contribution is 2.26. The van der Waals surface area contributed by atoms with Crippen molar-refractivity contribution in [3.8, 4) is 5.75 Å². The van der Waals surface area contributed by atoms with Crippen molar-refractivity contribution >= 4 is 23.4 Å². The molecule has 6 heteroatoms. The van der Waals surface area contributed by atoms with Gasteiger partial charge < -0.3 is 15.8 Å². The number of benzene rings is 2. The molecule has 0 spiro atoms. The zero-order valence-electron chi connectivity index (χ0n) is 12.6. The van der Waals surface area contributed by atoms with E-state index in [9.17, 15) is 9.59 Å². The van der Waals surface area contributed by atoms with E-state index in [1.807, 2.05) is 6.07 Å². The van der Waals surface area contributed by atoms with E-state index >= 15 is 0 Å². The molecule has 0 aliphatic rings. The molecule has 0 aliphatic heterocycles. The fourth-order valence-electron chi connectivity index (χ4n) is 2.24. The molecular formula is C17H17ClN2O3. The third-order valence-corrected chi connectivity index (χ3v) is 3.71. The third kappa shape index (κ3) is 4.23. The topological polar surface area (TPSA) is 81.4 Å². The molecule has 0 saturated carbocycles. The van der Waals surface area contributed by atoms with Crippen LogP contribution in [0, 0.1) is 0 Å². The molecule has 0 heterocycles. The highest BCUT2D eigenvalue weighted by Gasteiger charge is 2.21. The van der Waals surface area contributed by atoms with Gasteiger partial charge in [-0.3, -0.25) is 9.59 Å². The summed E-state index contributed by atoms with van der Waals surface area (Å²) in [5.41, 5.74) is 6.58. The quantitative estimate of drug-likeness (QED) is 0.851. The minimum atomic E-state index is -0.891. The number of halogens is 1. The van der Waals surface area contributed by atoms with Crippen LogP contribution in [0.4, 0.5) is 0 Å². The number of methoxy groups -OCH3 is 1. The van der Waals surface area contributed by atoms with Crippen LogP contribution in [0.5, 0.6) is 5.75 Å². The fraction of sp³-hybridized carbons (Fsp3) is 0.176. The monoisotopic (exact) mass is 332 g/mol. The van der Waals surface area contributed by atoms with Crippen LogP contribution < -0.4 is 15.8 Å². The minimum Gasteiger partial charge on any atom is -0.496 e. The predicted molar refractivity (Wildman–Crippen MR) is 88.2 cm³/mol. The van der Waals surface area contributed by atoms with Gasteiger partial charge in [0.2, 0.25) is 11.8 Å². The van der Waals surface area contributed by atoms with Gasteiger partial charge >= 0.3 is 0 Å². The van der Waals surface area contributed by atoms with Crippen molar-refractivity contribution in [2.75, 3.05) is 7.11 Å². The van der Waals surface area contributed by atoms with Crippen molar-refractivity contribution in [1.82, 2.24) is 5.32 Å². The second-order valence-corrected chi connectivity index (χ2v) is 5.32. The van der Waals surface area contributed by atoms with Crippen molar-refractivity contribution in [1.29, 1.82) is 0 Å². The summed E-state index contributed by atoms with van der Waals surface area (Å²) < 4.78 is 5.21. The Morgan fingerprint density at radius 2 is 1.87 bits per heavy atom. The lowest BCUT2D eigenvalue weighted by Crippen LogP contribution is -2.38. The molecule has 3 N–H and O–H groups in total. The number of nitrogens with one attached hydrogen (secondary N) is 1. The molecule has 0 radical (unpaired) electrons. The van der Waals surface area contributed by atoms with Crippen molar-refractivity contribution in [2.45, 2.75) is 12.5 Å². The van der Waals surface area contributed by atoms with Crippen LogP contribution >= 0.6 is 11.6 Å². The van der Waals surface area contributed by atoms with E-state index < -0.39 is 11.9 Å². The van der Waals surface area contributed by atoms with Crippen LogP contribution in [0.15, 0.2) is 48.5 Å². The van der Waals surface area contributed by atoms with Crippen LogP contribution in [0.25, 0.3) is 0 Å². The van der Waals surface area contributed by atoms with Crippen LogP contribution in [-0.4, -0.2) is 18.9 Å². The summed E-state index contributed by atoms with van der Waals surface area (Å²) in [6.45, 7) is 0. The number of hydrogen-bond donors (Lipinski definition) is 2. The second-order valence-electron chi connectivity index (χ2n) is 4.91. The van der Waals surface area contributed by atoms with Gasteiger partial charge in [-0.15, -0.1) is 0 Å². The van der Waals surface area contributed by atoms with Gasteiger partial charge in [0.25, 0.3) is 0 Å². The molecule has 2 rings (SSSR count). The lowest BCUT2D eigenvalue weighted by atomic mass is 10.1. The molecule has 120 valence electrons. The molecule has 0 fully saturated rings. The van der Waals surface area contributed by atoms with E-state index in [2.05, 4.69) is 5.32 Å². The van der Waals surface area contributed by atoms with Crippen molar-refractivity contribution < 1.29 is 14.3 Å². The number of carbonyl (C=O) groups excluding carboxylic acids is 2. The summed E-state index contributed by atoms with van der Waals surface area (Å²) in [6, 6.07) is 13.1. The Hall–Kier alpha value is -2.53. The lowest BCUT2D eigenvalue weighted by molar-refractivity contribution is -0.127. The molecule has 2 aromatic carbocycles. The largest absolute Gasteiger partial charge is 0.496 e. The highest BCUT2D eigenvalue weighted by atomic mass is 35.5. The maximum atomic E-state index is 12.3. The zero-order chi connectivity index (χ0) is 16.8. The molecule has 0 aliphatic carbocycles. The first-order valence-corrected chi connectivity index (χ1v) is 7.35. The van der Waals surface area contributed by atoms with Gasteiger partial charge in [-0.2, -0.15) is 0 Å². The van der Waals surface area contributed by atoms with Gasteiger partial charge in [-0.25, -0.2) is 0 Å². The molecule has 0 bridgehead atoms. The summed E-state index contributed by atoms with van der Waals surface area (Å²) in [6.07, 6.45) is -0.0144. The van der Waals surface area contributed by atoms with Gasteiger partial charge in [-0.05, 0) is 17.7 Å². The maximum Gasteiger partial charge on any atom is 0.244 e. The molecule has 0 aromatic heterocycles. The number of ether oxygens (including phenoxy) is 1. The Balaban J connectivity index is 2.16. The first-order chi connectivity index (χ1) is 11.0. The number of nitrogens with two attached hydrogens (primary N) is 1. The Morgan fingerprint density at radius 3 is 2.48 bits per heavy atom. The summed E-state index contributed by atoms with van der Waals surface area (Å²) in [5.74, 6) is -0.484. The summed E-state index contributed by atoms with van der Waals surface area (Å²) in [7, 11) is 1.50. The molecule has 2 aromatic rings. The maximum absolute atomic E-state index is 12.3. The van der Waals surface area contributed by atoms with Gasteiger partial charge in [0.1, 0.15) is 11.8 Å². The molecule has 23 heavy (non-hydrogen) atoms. The third-order valence-electron chi connectivity index (χ3n) is 3.36. The fourth-order valence-corrected chi connectivity index (χ4v) is 2.47. The average molecular weight is 333 g/mol. The Labute approximate surface area is 139 Å². The average Bonchev–Trinajstić information content (AvgIpc) is 2.55. The molecule has 5 nitrogen and oxygen atoms in total. The van der Waals surface area contributed by atoms with Crippen molar-refractivity contribution in [2.24, 2.45) is 5.73 Å². The SMILES string of the molecule is COc1cccc(Cl)c1CC(=O)N[C@@H](C(N)=O)c1ccccc1. The van der Waals surface area contributed by atoms with Gasteiger partial charge in [-0.1, -0.05) is 48.0 Å². The van der Waals surface area contributed by atoms with Crippen LogP contribution in [0.1, 0.15) is 17.2 Å². The molecule has 0 saturated heterocycles. The molecule has 2 amide bonds. The zero-order valence-corrected chi connectivity index (χ0v) is 13.3. The summed E-state index contributed by atoms with van der Waals surface area (Å²) in [4.78, 5) is 23.9. The lowest BCUT2D eigenvalue weighted by Gasteiger charge is -2.17. The number of carbonyl (C=O) groups is 2. The van der Waals surface area contributed by atoms with Crippen LogP contribution in [0.2, 0.25) is 5.02 Å². The van der Waals surface area contributed by atoms with E-state index in [1.54, 1.807) is 42.5 Å². The van der Waals surface area contributed by atoms with Gasteiger partial charge in [0.05, 0.1) is 13.5 Å². The van der Waals surface area contributed by atoms with E-state index in [-0.39, 0.29) is 12.3 Å². The molecule has 1 atom stereocenters. The van der Waals surface area contributed by atoms with E-state index in [1.165, 1.54) is 7.11 Å². The van der Waals surface area contributed by atoms with E-state index in [0.29, 0.717) is 21.9 Å². The number of primary amides is 1. The first kappa shape index (κ1) is 16.8. The second kappa shape index (κ2) is 7.65. The number of hydrogen-bond acceptors (Lipinski definition) is 3. The van der Waals surface area contributed by atoms with Gasteiger partial charge in [0.15, 0.2) is 0 Å². The number of amides is 2. The van der Waals surface area contributed by atoms with E-state index in [4.69, 9.17) is 22.1 Å². The van der Waals surface area contributed by atoms with Crippen molar-refractivity contribution in [3.05, 3.63) is 64.7 Å². The predicted octanol–water partition coefficient (Wildman–Crippen LogP) is 2.23. The summed E-state index contributed by atoms with van der Waals surface area (Å²) >= 11 is 6.12. The Bertz CT molecular complexity index is 704. The normalized spacial score (nSPS) is 11.6. The van der Waals surface area contributed by atoms with Crippen LogP contribution in [-0.2, 0) is 16.0 Å². The standard InChI is InChI=1S/C17H17ClN2O3/c1-23-14-9-5-8-13(18)12(14)10-15(21)20-16(17(19)22)11-6-3-2-4-7-11/h2-9,16H,10H2,1H3,(H2,19,22)(H,20,21)/t16-/m1/s1. The van der Waals surface area contributed by atoms with Crippen molar-refractivity contribution in [3.63, 3.8) is 0 Å². The minimum absolute atomic E-state index is 0.0144. The first-order valence-electron chi connectivity index (χ1n) is 6.98. The highest BCUT2D eigenvalue weighted by molar-refractivity contribution is 6.31. The number of rotatable bonds is 6. The Kier molecular flexibility index (Phi) is 5.60. The molecule has 0 unspecified atom stereocenters. The van der Waals surface area contributed by atoms with E-state index in [0.717, 1.165) is 0 Å².